The maximum absolute atomic E-state index is 12.6. The fraction of sp³-hybridized carbons (Fsp3) is 0.333. The van der Waals surface area contributed by atoms with Gasteiger partial charge in [-0.05, 0) is 76.1 Å². The summed E-state index contributed by atoms with van der Waals surface area (Å²) in [5, 5.41) is 8.27. The molecule has 0 saturated heterocycles. The van der Waals surface area contributed by atoms with Crippen molar-refractivity contribution in [1.82, 2.24) is 10.0 Å². The van der Waals surface area contributed by atoms with Gasteiger partial charge in [-0.25, -0.2) is 17.9 Å². The van der Waals surface area contributed by atoms with Crippen molar-refractivity contribution in [2.24, 2.45) is 0 Å². The van der Waals surface area contributed by atoms with Crippen LogP contribution in [0.25, 0.3) is 0 Å². The molecule has 0 spiro atoms. The predicted molar refractivity (Wildman–Crippen MR) is 121 cm³/mol. The van der Waals surface area contributed by atoms with Crippen LogP contribution in [0.2, 0.25) is 5.02 Å². The number of carbonyl (C=O) groups excluding carboxylic acids is 2. The molecule has 31 heavy (non-hydrogen) atoms. The van der Waals surface area contributed by atoms with Gasteiger partial charge in [0, 0.05) is 28.5 Å². The minimum absolute atomic E-state index is 0.0215. The van der Waals surface area contributed by atoms with Gasteiger partial charge in [0.15, 0.2) is 0 Å². The van der Waals surface area contributed by atoms with Crippen LogP contribution >= 0.6 is 11.6 Å². The summed E-state index contributed by atoms with van der Waals surface area (Å²) in [6.07, 6.45) is 2.00. The van der Waals surface area contributed by atoms with Gasteiger partial charge in [-0.2, -0.15) is 0 Å². The SMILES string of the molecule is CC(C)(C)NS(=O)(=O)c1cc(C(=O)Nc2ccc(NC(=O)NC3CC3)cc2)ccc1Cl. The van der Waals surface area contributed by atoms with E-state index in [2.05, 4.69) is 20.7 Å². The number of anilines is 2. The van der Waals surface area contributed by atoms with Crippen LogP contribution < -0.4 is 20.7 Å². The maximum Gasteiger partial charge on any atom is 0.319 e. The molecule has 4 N–H and O–H groups in total. The third kappa shape index (κ3) is 6.68. The number of hydrogen-bond donors (Lipinski definition) is 4. The summed E-state index contributed by atoms with van der Waals surface area (Å²) >= 11 is 6.08. The van der Waals surface area contributed by atoms with Gasteiger partial charge in [0.25, 0.3) is 5.91 Å². The van der Waals surface area contributed by atoms with Crippen molar-refractivity contribution < 1.29 is 18.0 Å². The third-order valence-electron chi connectivity index (χ3n) is 4.24. The summed E-state index contributed by atoms with van der Waals surface area (Å²) < 4.78 is 27.8. The lowest BCUT2D eigenvalue weighted by atomic mass is 10.1. The van der Waals surface area contributed by atoms with E-state index in [4.69, 9.17) is 11.6 Å². The van der Waals surface area contributed by atoms with Gasteiger partial charge in [-0.1, -0.05) is 11.6 Å². The number of amides is 3. The molecule has 1 aliphatic carbocycles. The average Bonchev–Trinajstić information content (AvgIpc) is 3.45. The average molecular weight is 465 g/mol. The monoisotopic (exact) mass is 464 g/mol. The number of nitrogens with one attached hydrogen (secondary N) is 4. The molecule has 3 rings (SSSR count). The van der Waals surface area contributed by atoms with E-state index < -0.39 is 21.5 Å². The Morgan fingerprint density at radius 1 is 0.968 bits per heavy atom. The van der Waals surface area contributed by atoms with Crippen LogP contribution in [-0.4, -0.2) is 31.9 Å². The molecule has 0 aromatic heterocycles. The number of hydrogen-bond acceptors (Lipinski definition) is 4. The highest BCUT2D eigenvalue weighted by molar-refractivity contribution is 7.89. The topological polar surface area (TPSA) is 116 Å². The number of halogens is 1. The molecule has 1 saturated carbocycles. The Hall–Kier alpha value is -2.62. The van der Waals surface area contributed by atoms with Gasteiger partial charge in [-0.3, -0.25) is 4.79 Å². The van der Waals surface area contributed by atoms with Crippen LogP contribution in [0.1, 0.15) is 44.0 Å². The molecule has 2 aromatic rings. The Labute approximate surface area is 186 Å². The lowest BCUT2D eigenvalue weighted by molar-refractivity contribution is 0.102. The fourth-order valence-corrected chi connectivity index (χ4v) is 4.67. The van der Waals surface area contributed by atoms with Crippen molar-refractivity contribution >= 4 is 44.9 Å². The summed E-state index contributed by atoms with van der Waals surface area (Å²) in [6, 6.07) is 10.6. The van der Waals surface area contributed by atoms with Gasteiger partial charge in [0.1, 0.15) is 4.90 Å². The summed E-state index contributed by atoms with van der Waals surface area (Å²) in [7, 11) is -3.91. The molecule has 0 aliphatic heterocycles. The van der Waals surface area contributed by atoms with E-state index in [9.17, 15) is 18.0 Å². The molecule has 0 unspecified atom stereocenters. The molecule has 8 nitrogen and oxygen atoms in total. The van der Waals surface area contributed by atoms with Gasteiger partial charge in [0.2, 0.25) is 10.0 Å². The number of sulfonamides is 1. The molecular weight excluding hydrogens is 440 g/mol. The van der Waals surface area contributed by atoms with Crippen molar-refractivity contribution in [1.29, 1.82) is 0 Å². The molecule has 2 aromatic carbocycles. The minimum Gasteiger partial charge on any atom is -0.335 e. The summed E-state index contributed by atoms with van der Waals surface area (Å²) in [4.78, 5) is 24.2. The van der Waals surface area contributed by atoms with E-state index in [1.54, 1.807) is 45.0 Å². The molecule has 10 heteroatoms. The van der Waals surface area contributed by atoms with Gasteiger partial charge >= 0.3 is 6.03 Å². The van der Waals surface area contributed by atoms with Crippen LogP contribution in [0, 0.1) is 0 Å². The first-order valence-electron chi connectivity index (χ1n) is 9.75. The number of carbonyl (C=O) groups is 2. The first-order chi connectivity index (χ1) is 14.4. The van der Waals surface area contributed by atoms with Gasteiger partial charge < -0.3 is 16.0 Å². The van der Waals surface area contributed by atoms with Gasteiger partial charge in [0.05, 0.1) is 5.02 Å². The molecule has 1 aliphatic rings. The predicted octanol–water partition coefficient (Wildman–Crippen LogP) is 3.95. The maximum atomic E-state index is 12.6. The van der Waals surface area contributed by atoms with Crippen LogP contribution in [0.15, 0.2) is 47.4 Å². The van der Waals surface area contributed by atoms with E-state index >= 15 is 0 Å². The van der Waals surface area contributed by atoms with Crippen LogP contribution in [0.4, 0.5) is 16.2 Å². The van der Waals surface area contributed by atoms with E-state index in [1.165, 1.54) is 18.2 Å². The van der Waals surface area contributed by atoms with Crippen LogP contribution in [0.5, 0.6) is 0 Å². The molecule has 166 valence electrons. The summed E-state index contributed by atoms with van der Waals surface area (Å²) in [6.45, 7) is 5.13. The van der Waals surface area contributed by atoms with Crippen LogP contribution in [0.3, 0.4) is 0 Å². The van der Waals surface area contributed by atoms with Crippen LogP contribution in [-0.2, 0) is 10.0 Å². The summed E-state index contributed by atoms with van der Waals surface area (Å²) in [5.41, 5.74) is 0.519. The largest absolute Gasteiger partial charge is 0.335 e. The van der Waals surface area contributed by atoms with E-state index in [0.717, 1.165) is 12.8 Å². The van der Waals surface area contributed by atoms with E-state index in [1.807, 2.05) is 0 Å². The molecule has 0 radical (unpaired) electrons. The fourth-order valence-electron chi connectivity index (χ4n) is 2.73. The second-order valence-corrected chi connectivity index (χ2v) is 10.5. The van der Waals surface area contributed by atoms with Crippen molar-refractivity contribution in [3.63, 3.8) is 0 Å². The quantitative estimate of drug-likeness (QED) is 0.517. The number of benzene rings is 2. The molecule has 0 atom stereocenters. The lowest BCUT2D eigenvalue weighted by Crippen LogP contribution is -2.40. The second kappa shape index (κ2) is 8.86. The van der Waals surface area contributed by atoms with Crippen molar-refractivity contribution in [2.45, 2.75) is 50.1 Å². The standard InChI is InChI=1S/C21H25ClN4O4S/c1-21(2,3)26-31(29,30)18-12-13(4-11-17(18)22)19(27)23-14-5-7-15(8-6-14)24-20(28)25-16-9-10-16/h4-8,11-12,16,26H,9-10H2,1-3H3,(H,23,27)(H2,24,25,28). The third-order valence-corrected chi connectivity index (χ3v) is 6.48. The van der Waals surface area contributed by atoms with Gasteiger partial charge in [-0.15, -0.1) is 0 Å². The zero-order valence-electron chi connectivity index (χ0n) is 17.5. The van der Waals surface area contributed by atoms with Crippen molar-refractivity contribution in [3.05, 3.63) is 53.1 Å². The number of rotatable bonds is 6. The normalized spacial score (nSPS) is 14.1. The Balaban J connectivity index is 1.69. The minimum atomic E-state index is -3.91. The lowest BCUT2D eigenvalue weighted by Gasteiger charge is -2.21. The molecule has 0 bridgehead atoms. The first kappa shape index (κ1) is 23.1. The van der Waals surface area contributed by atoms with Crippen molar-refractivity contribution in [3.8, 4) is 0 Å². The number of urea groups is 1. The second-order valence-electron chi connectivity index (χ2n) is 8.40. The molecular formula is C21H25ClN4O4S. The first-order valence-corrected chi connectivity index (χ1v) is 11.6. The Morgan fingerprint density at radius 3 is 2.10 bits per heavy atom. The zero-order chi connectivity index (χ0) is 22.8. The highest BCUT2D eigenvalue weighted by atomic mass is 35.5. The zero-order valence-corrected chi connectivity index (χ0v) is 19.0. The molecule has 0 heterocycles. The summed E-state index contributed by atoms with van der Waals surface area (Å²) in [5.74, 6) is -0.490. The Bertz CT molecular complexity index is 1090. The van der Waals surface area contributed by atoms with E-state index in [0.29, 0.717) is 11.4 Å². The highest BCUT2D eigenvalue weighted by Gasteiger charge is 2.25. The molecule has 1 fully saturated rings. The highest BCUT2D eigenvalue weighted by Crippen LogP contribution is 2.25. The van der Waals surface area contributed by atoms with Crippen molar-refractivity contribution in [2.75, 3.05) is 10.6 Å². The smallest absolute Gasteiger partial charge is 0.319 e. The molecule has 3 amide bonds. The Kier molecular flexibility index (Phi) is 6.59. The Morgan fingerprint density at radius 2 is 1.55 bits per heavy atom. The van der Waals surface area contributed by atoms with E-state index in [-0.39, 0.29) is 27.6 Å².